The van der Waals surface area contributed by atoms with Gasteiger partial charge in [0.15, 0.2) is 0 Å². The van der Waals surface area contributed by atoms with Crippen LogP contribution in [0.5, 0.6) is 0 Å². The first-order chi connectivity index (χ1) is 8.33. The van der Waals surface area contributed by atoms with Crippen molar-refractivity contribution >= 4 is 0 Å². The molecule has 1 saturated carbocycles. The Bertz CT molecular complexity index is 245. The molecule has 0 spiro atoms. The second kappa shape index (κ2) is 6.75. The van der Waals surface area contributed by atoms with Crippen molar-refractivity contribution in [1.29, 1.82) is 0 Å². The van der Waals surface area contributed by atoms with Crippen molar-refractivity contribution in [1.82, 2.24) is 5.32 Å². The van der Waals surface area contributed by atoms with Crippen LogP contribution < -0.4 is 5.32 Å². The monoisotopic (exact) mass is 267 g/mol. The fraction of sp³-hybridized carbons (Fsp3) is 1.00. The van der Waals surface area contributed by atoms with E-state index in [4.69, 9.17) is 4.74 Å². The molecule has 0 bridgehead atoms. The van der Waals surface area contributed by atoms with Gasteiger partial charge < -0.3 is 10.1 Å². The minimum atomic E-state index is -4.23. The zero-order valence-electron chi connectivity index (χ0n) is 11.4. The lowest BCUT2D eigenvalue weighted by atomic mass is 9.73. The van der Waals surface area contributed by atoms with Crippen LogP contribution in [-0.2, 0) is 4.74 Å². The molecule has 0 aliphatic heterocycles. The Labute approximate surface area is 107 Å². The van der Waals surface area contributed by atoms with E-state index in [0.29, 0.717) is 11.8 Å². The van der Waals surface area contributed by atoms with Gasteiger partial charge in [-0.3, -0.25) is 0 Å². The van der Waals surface area contributed by atoms with Gasteiger partial charge in [-0.1, -0.05) is 20.3 Å². The molecule has 0 heterocycles. The summed E-state index contributed by atoms with van der Waals surface area (Å²) in [6.07, 6.45) is -0.926. The topological polar surface area (TPSA) is 21.3 Å². The van der Waals surface area contributed by atoms with Gasteiger partial charge in [-0.25, -0.2) is 0 Å². The van der Waals surface area contributed by atoms with Crippen LogP contribution >= 0.6 is 0 Å². The average molecular weight is 267 g/mol. The molecule has 2 nitrogen and oxygen atoms in total. The first kappa shape index (κ1) is 15.8. The predicted octanol–water partition coefficient (Wildman–Crippen LogP) is 3.23. The number of hydrogen-bond acceptors (Lipinski definition) is 2. The summed E-state index contributed by atoms with van der Waals surface area (Å²) in [5, 5.41) is 3.10. The van der Waals surface area contributed by atoms with E-state index in [-0.39, 0.29) is 12.6 Å². The molecule has 0 aromatic rings. The zero-order chi connectivity index (χ0) is 13.8. The van der Waals surface area contributed by atoms with Crippen molar-refractivity contribution in [2.24, 2.45) is 17.8 Å². The summed E-state index contributed by atoms with van der Waals surface area (Å²) in [5.74, 6) is 1.78. The van der Waals surface area contributed by atoms with E-state index in [1.807, 2.05) is 0 Å². The Kier molecular flexibility index (Phi) is 5.92. The summed E-state index contributed by atoms with van der Waals surface area (Å²) >= 11 is 0. The van der Waals surface area contributed by atoms with Gasteiger partial charge in [0.2, 0.25) is 0 Å². The molecule has 1 rings (SSSR count). The maximum absolute atomic E-state index is 12.0. The highest BCUT2D eigenvalue weighted by molar-refractivity contribution is 4.83. The summed E-state index contributed by atoms with van der Waals surface area (Å²) < 4.78 is 40.8. The lowest BCUT2D eigenvalue weighted by Crippen LogP contribution is -2.41. The molecule has 1 aliphatic rings. The third-order valence-electron chi connectivity index (χ3n) is 4.14. The molecule has 5 heteroatoms. The lowest BCUT2D eigenvalue weighted by molar-refractivity contribution is -0.176. The minimum absolute atomic E-state index is 0.0299. The number of nitrogens with one attached hydrogen (secondary N) is 1. The number of ether oxygens (including phenoxy) is 1. The minimum Gasteiger partial charge on any atom is -0.370 e. The quantitative estimate of drug-likeness (QED) is 0.825. The van der Waals surface area contributed by atoms with Gasteiger partial charge in [0.05, 0.1) is 6.61 Å². The molecule has 0 aromatic carbocycles. The van der Waals surface area contributed by atoms with Crippen LogP contribution in [0, 0.1) is 17.8 Å². The van der Waals surface area contributed by atoms with Crippen LogP contribution in [0.4, 0.5) is 13.2 Å². The number of halogens is 3. The maximum atomic E-state index is 12.0. The number of likely N-dealkylation sites (N-methyl/N-ethyl adjacent to an activating group) is 1. The Morgan fingerprint density at radius 2 is 1.89 bits per heavy atom. The highest BCUT2D eigenvalue weighted by atomic mass is 19.4. The molecule has 0 amide bonds. The van der Waals surface area contributed by atoms with Crippen molar-refractivity contribution in [3.8, 4) is 0 Å². The van der Waals surface area contributed by atoms with Gasteiger partial charge in [0.25, 0.3) is 0 Å². The third kappa shape index (κ3) is 5.14. The number of hydrogen-bond donors (Lipinski definition) is 1. The Balaban J connectivity index is 2.37. The summed E-state index contributed by atoms with van der Waals surface area (Å²) in [6, 6.07) is 0.0299. The van der Waals surface area contributed by atoms with Gasteiger partial charge in [0, 0.05) is 6.04 Å². The highest BCUT2D eigenvalue weighted by Crippen LogP contribution is 2.35. The van der Waals surface area contributed by atoms with Crippen molar-refractivity contribution in [2.75, 3.05) is 20.3 Å². The second-order valence-corrected chi connectivity index (χ2v) is 5.55. The number of rotatable bonds is 5. The fourth-order valence-electron chi connectivity index (χ4n) is 2.71. The molecule has 1 aliphatic carbocycles. The van der Waals surface area contributed by atoms with E-state index in [1.54, 1.807) is 7.05 Å². The van der Waals surface area contributed by atoms with Gasteiger partial charge in [0.1, 0.15) is 6.61 Å². The highest BCUT2D eigenvalue weighted by Gasteiger charge is 2.31. The summed E-state index contributed by atoms with van der Waals surface area (Å²) in [5.41, 5.74) is 0. The first-order valence-corrected chi connectivity index (χ1v) is 6.65. The zero-order valence-corrected chi connectivity index (χ0v) is 11.4. The van der Waals surface area contributed by atoms with Crippen LogP contribution in [0.3, 0.4) is 0 Å². The van der Waals surface area contributed by atoms with Crippen molar-refractivity contribution in [2.45, 2.75) is 45.3 Å². The SMILES string of the molecule is CNC(COCC(F)(F)F)C1CCC(C)C(C)C1. The largest absolute Gasteiger partial charge is 0.411 e. The van der Waals surface area contributed by atoms with E-state index in [1.165, 1.54) is 0 Å². The Hall–Kier alpha value is -0.290. The van der Waals surface area contributed by atoms with Gasteiger partial charge in [-0.15, -0.1) is 0 Å². The molecular weight excluding hydrogens is 243 g/mol. The molecule has 108 valence electrons. The summed E-state index contributed by atoms with van der Waals surface area (Å²) in [4.78, 5) is 0. The van der Waals surface area contributed by atoms with Gasteiger partial charge in [-0.2, -0.15) is 13.2 Å². The van der Waals surface area contributed by atoms with Crippen molar-refractivity contribution < 1.29 is 17.9 Å². The average Bonchev–Trinajstić information content (AvgIpc) is 2.27. The molecule has 0 aromatic heterocycles. The third-order valence-corrected chi connectivity index (χ3v) is 4.14. The van der Waals surface area contributed by atoms with Crippen molar-refractivity contribution in [3.63, 3.8) is 0 Å². The summed E-state index contributed by atoms with van der Waals surface area (Å²) in [6.45, 7) is 3.46. The van der Waals surface area contributed by atoms with E-state index >= 15 is 0 Å². The smallest absolute Gasteiger partial charge is 0.370 e. The van der Waals surface area contributed by atoms with E-state index in [9.17, 15) is 13.2 Å². The maximum Gasteiger partial charge on any atom is 0.411 e. The Morgan fingerprint density at radius 1 is 1.22 bits per heavy atom. The summed E-state index contributed by atoms with van der Waals surface area (Å²) in [7, 11) is 1.80. The van der Waals surface area contributed by atoms with Crippen LogP contribution in [0.2, 0.25) is 0 Å². The van der Waals surface area contributed by atoms with Crippen LogP contribution in [-0.4, -0.2) is 32.5 Å². The van der Waals surface area contributed by atoms with Gasteiger partial charge in [-0.05, 0) is 37.6 Å². The van der Waals surface area contributed by atoms with E-state index in [2.05, 4.69) is 19.2 Å². The number of alkyl halides is 3. The van der Waals surface area contributed by atoms with E-state index in [0.717, 1.165) is 25.2 Å². The first-order valence-electron chi connectivity index (χ1n) is 6.65. The molecule has 0 radical (unpaired) electrons. The molecule has 0 saturated heterocycles. The predicted molar refractivity (Wildman–Crippen MR) is 65.4 cm³/mol. The normalized spacial score (nSPS) is 31.3. The standard InChI is InChI=1S/C13H24F3NO/c1-9-4-5-11(6-10(9)2)12(17-3)7-18-8-13(14,15)16/h9-12,17H,4-8H2,1-3H3. The van der Waals surface area contributed by atoms with E-state index < -0.39 is 12.8 Å². The molecule has 1 N–H and O–H groups in total. The molecule has 4 atom stereocenters. The molecule has 1 fully saturated rings. The molecule has 18 heavy (non-hydrogen) atoms. The fourth-order valence-corrected chi connectivity index (χ4v) is 2.71. The van der Waals surface area contributed by atoms with Crippen LogP contribution in [0.25, 0.3) is 0 Å². The van der Waals surface area contributed by atoms with Crippen LogP contribution in [0.15, 0.2) is 0 Å². The Morgan fingerprint density at radius 3 is 2.39 bits per heavy atom. The molecule has 4 unspecified atom stereocenters. The van der Waals surface area contributed by atoms with Gasteiger partial charge >= 0.3 is 6.18 Å². The lowest BCUT2D eigenvalue weighted by Gasteiger charge is -2.36. The van der Waals surface area contributed by atoms with Crippen molar-refractivity contribution in [3.05, 3.63) is 0 Å². The molecular formula is C13H24F3NO. The van der Waals surface area contributed by atoms with Crippen LogP contribution in [0.1, 0.15) is 33.1 Å². The second-order valence-electron chi connectivity index (χ2n) is 5.55.